The molecule has 1 aliphatic rings. The van der Waals surface area contributed by atoms with E-state index >= 15 is 0 Å². The van der Waals surface area contributed by atoms with Gasteiger partial charge in [0.05, 0.1) is 17.8 Å². The van der Waals surface area contributed by atoms with Crippen LogP contribution in [-0.2, 0) is 9.53 Å². The van der Waals surface area contributed by atoms with E-state index in [4.69, 9.17) is 14.6 Å². The third kappa shape index (κ3) is 6.12. The van der Waals surface area contributed by atoms with Crippen LogP contribution in [0.5, 0.6) is 5.75 Å². The van der Waals surface area contributed by atoms with Gasteiger partial charge >= 0.3 is 12.1 Å². The molecule has 0 aliphatic carbocycles. The Balaban J connectivity index is 1.58. The number of hydrogen-bond acceptors (Lipinski definition) is 7. The van der Waals surface area contributed by atoms with Crippen molar-refractivity contribution in [2.75, 3.05) is 19.4 Å². The van der Waals surface area contributed by atoms with Gasteiger partial charge in [0.25, 0.3) is 0 Å². The van der Waals surface area contributed by atoms with Crippen molar-refractivity contribution in [2.24, 2.45) is 4.99 Å². The molecule has 1 amide bonds. The summed E-state index contributed by atoms with van der Waals surface area (Å²) in [5.41, 5.74) is 0.940. The van der Waals surface area contributed by atoms with Crippen LogP contribution in [0.3, 0.4) is 0 Å². The van der Waals surface area contributed by atoms with E-state index in [1.807, 2.05) is 58.0 Å². The number of amides is 1. The van der Waals surface area contributed by atoms with Gasteiger partial charge in [-0.1, -0.05) is 6.07 Å². The van der Waals surface area contributed by atoms with E-state index in [0.717, 1.165) is 16.7 Å². The molecule has 0 bridgehead atoms. The highest BCUT2D eigenvalue weighted by Crippen LogP contribution is 2.26. The Bertz CT molecular complexity index is 1030. The number of nitrogens with zero attached hydrogens (tertiary/aromatic N) is 3. The maximum absolute atomic E-state index is 12.2. The zero-order valence-corrected chi connectivity index (χ0v) is 19.8. The van der Waals surface area contributed by atoms with E-state index in [1.54, 1.807) is 11.9 Å². The van der Waals surface area contributed by atoms with Crippen LogP contribution in [0.25, 0.3) is 10.9 Å². The smallest absolute Gasteiger partial charge is 0.410 e. The van der Waals surface area contributed by atoms with Gasteiger partial charge in [-0.3, -0.25) is 4.99 Å². The van der Waals surface area contributed by atoms with Gasteiger partial charge in [0, 0.05) is 30.6 Å². The first-order valence-corrected chi connectivity index (χ1v) is 11.5. The lowest BCUT2D eigenvalue weighted by atomic mass is 10.2. The lowest BCUT2D eigenvalue weighted by Crippen LogP contribution is -2.40. The molecule has 1 aromatic carbocycles. The number of benzene rings is 1. The maximum atomic E-state index is 12.2. The summed E-state index contributed by atoms with van der Waals surface area (Å²) in [5.74, 6) is 0.234. The number of aromatic nitrogens is 1. The van der Waals surface area contributed by atoms with Crippen LogP contribution >= 0.6 is 11.8 Å². The van der Waals surface area contributed by atoms with E-state index in [1.165, 1.54) is 11.8 Å². The Labute approximate surface area is 192 Å². The standard InChI is InChI=1S/C23H29N3O5S/c1-14(26(5)22(29)31-23(2,3)4)10-11-30-16-7-9-17-15(12-16)6-8-18(24-17)20-25-19(13-32-20)21(27)28/h6-9,12,14,19H,10-11,13H2,1-5H3,(H,27,28)/t14?,19-/m1/s1. The number of aliphatic imine (C=N–C) groups is 1. The van der Waals surface area contributed by atoms with Gasteiger partial charge in [0.2, 0.25) is 0 Å². The molecular formula is C23H29N3O5S. The van der Waals surface area contributed by atoms with Crippen molar-refractivity contribution in [3.05, 3.63) is 36.0 Å². The molecule has 0 fully saturated rings. The number of carbonyl (C=O) groups is 2. The van der Waals surface area contributed by atoms with Crippen LogP contribution in [0.4, 0.5) is 4.79 Å². The molecule has 0 radical (unpaired) electrons. The molecule has 2 heterocycles. The van der Waals surface area contributed by atoms with Gasteiger partial charge in [0.1, 0.15) is 16.4 Å². The largest absolute Gasteiger partial charge is 0.493 e. The van der Waals surface area contributed by atoms with Crippen LogP contribution in [0.1, 0.15) is 39.8 Å². The quantitative estimate of drug-likeness (QED) is 0.662. The predicted molar refractivity (Wildman–Crippen MR) is 126 cm³/mol. The lowest BCUT2D eigenvalue weighted by Gasteiger charge is -2.28. The zero-order chi connectivity index (χ0) is 23.5. The van der Waals surface area contributed by atoms with Crippen molar-refractivity contribution in [3.8, 4) is 5.75 Å². The molecule has 2 atom stereocenters. The first-order valence-electron chi connectivity index (χ1n) is 10.5. The summed E-state index contributed by atoms with van der Waals surface area (Å²) >= 11 is 1.41. The molecule has 3 rings (SSSR count). The Morgan fingerprint density at radius 2 is 2.03 bits per heavy atom. The molecule has 0 saturated heterocycles. The molecule has 2 aromatic rings. The molecule has 8 nitrogen and oxygen atoms in total. The summed E-state index contributed by atoms with van der Waals surface area (Å²) < 4.78 is 11.3. The average Bonchev–Trinajstić information content (AvgIpc) is 3.22. The van der Waals surface area contributed by atoms with Gasteiger partial charge in [-0.05, 0) is 52.0 Å². The zero-order valence-electron chi connectivity index (χ0n) is 19.0. The van der Waals surface area contributed by atoms with Crippen molar-refractivity contribution < 1.29 is 24.2 Å². The molecule has 0 saturated carbocycles. The van der Waals surface area contributed by atoms with Crippen LogP contribution in [0, 0.1) is 0 Å². The van der Waals surface area contributed by atoms with E-state index in [2.05, 4.69) is 9.98 Å². The number of hydrogen-bond donors (Lipinski definition) is 1. The molecule has 0 spiro atoms. The van der Waals surface area contributed by atoms with E-state index in [-0.39, 0.29) is 12.1 Å². The highest BCUT2D eigenvalue weighted by atomic mass is 32.2. The Kier molecular flexibility index (Phi) is 7.28. The van der Waals surface area contributed by atoms with Gasteiger partial charge < -0.3 is 19.5 Å². The Morgan fingerprint density at radius 3 is 2.69 bits per heavy atom. The third-order valence-electron chi connectivity index (χ3n) is 4.96. The molecule has 1 aliphatic heterocycles. The number of rotatable bonds is 7. The summed E-state index contributed by atoms with van der Waals surface area (Å²) in [6, 6.07) is 8.68. The van der Waals surface area contributed by atoms with Crippen LogP contribution in [0.15, 0.2) is 35.3 Å². The lowest BCUT2D eigenvalue weighted by molar-refractivity contribution is -0.137. The average molecular weight is 460 g/mol. The first kappa shape index (κ1) is 23.8. The fourth-order valence-electron chi connectivity index (χ4n) is 3.01. The number of pyridine rings is 1. The van der Waals surface area contributed by atoms with Gasteiger partial charge in [0.15, 0.2) is 6.04 Å². The molecule has 9 heteroatoms. The monoisotopic (exact) mass is 459 g/mol. The Hall–Kier alpha value is -2.81. The first-order chi connectivity index (χ1) is 15.0. The number of carboxylic acids is 1. The number of fused-ring (bicyclic) bond motifs is 1. The molecular weight excluding hydrogens is 430 g/mol. The third-order valence-corrected chi connectivity index (χ3v) is 6.03. The second kappa shape index (κ2) is 9.77. The number of carboxylic acid groups (broad SMARTS) is 1. The van der Waals surface area contributed by atoms with Gasteiger partial charge in [-0.15, -0.1) is 11.8 Å². The molecule has 172 valence electrons. The summed E-state index contributed by atoms with van der Waals surface area (Å²) in [6.45, 7) is 7.94. The van der Waals surface area contributed by atoms with Crippen molar-refractivity contribution in [1.82, 2.24) is 9.88 Å². The van der Waals surface area contributed by atoms with E-state index in [0.29, 0.717) is 29.5 Å². The van der Waals surface area contributed by atoms with Gasteiger partial charge in [-0.25, -0.2) is 14.6 Å². The summed E-state index contributed by atoms with van der Waals surface area (Å²) in [6.07, 6.45) is 0.310. The van der Waals surface area contributed by atoms with E-state index < -0.39 is 17.6 Å². The minimum absolute atomic E-state index is 0.0335. The number of thioether (sulfide) groups is 1. The maximum Gasteiger partial charge on any atom is 0.410 e. The second-order valence-corrected chi connectivity index (χ2v) is 9.74. The number of aliphatic carboxylic acids is 1. The minimum Gasteiger partial charge on any atom is -0.493 e. The second-order valence-electron chi connectivity index (χ2n) is 8.73. The molecule has 32 heavy (non-hydrogen) atoms. The number of ether oxygens (including phenoxy) is 2. The van der Waals surface area contributed by atoms with Crippen molar-refractivity contribution in [2.45, 2.75) is 51.8 Å². The van der Waals surface area contributed by atoms with Crippen molar-refractivity contribution in [1.29, 1.82) is 0 Å². The minimum atomic E-state index is -0.915. The topological polar surface area (TPSA) is 101 Å². The Morgan fingerprint density at radius 1 is 1.28 bits per heavy atom. The normalized spacial score (nSPS) is 17.0. The fraction of sp³-hybridized carbons (Fsp3) is 0.478. The fourth-order valence-corrected chi connectivity index (χ4v) is 4.00. The highest BCUT2D eigenvalue weighted by Gasteiger charge is 2.26. The highest BCUT2D eigenvalue weighted by molar-refractivity contribution is 8.14. The van der Waals surface area contributed by atoms with Gasteiger partial charge in [-0.2, -0.15) is 0 Å². The molecule has 1 unspecified atom stereocenters. The molecule has 1 N–H and O–H groups in total. The molecule has 1 aromatic heterocycles. The summed E-state index contributed by atoms with van der Waals surface area (Å²) in [7, 11) is 1.73. The van der Waals surface area contributed by atoms with Crippen molar-refractivity contribution >= 4 is 39.8 Å². The summed E-state index contributed by atoms with van der Waals surface area (Å²) in [5, 5.41) is 10.7. The van der Waals surface area contributed by atoms with Crippen LogP contribution in [-0.4, -0.2) is 69.2 Å². The predicted octanol–water partition coefficient (Wildman–Crippen LogP) is 4.21. The van der Waals surface area contributed by atoms with E-state index in [9.17, 15) is 9.59 Å². The van der Waals surface area contributed by atoms with Crippen LogP contribution < -0.4 is 4.74 Å². The summed E-state index contributed by atoms with van der Waals surface area (Å²) in [4.78, 5) is 33.7. The van der Waals surface area contributed by atoms with Crippen LogP contribution in [0.2, 0.25) is 0 Å². The number of carbonyl (C=O) groups excluding carboxylic acids is 1. The van der Waals surface area contributed by atoms with Crippen molar-refractivity contribution in [3.63, 3.8) is 0 Å². The SMILES string of the molecule is CC(CCOc1ccc2nc(C3=N[C@@H](C(=O)O)CS3)ccc2c1)N(C)C(=O)OC(C)(C)C.